The van der Waals surface area contributed by atoms with E-state index in [0.29, 0.717) is 22.4 Å². The minimum absolute atomic E-state index is 0.291. The zero-order chi connectivity index (χ0) is 23.9. The standard InChI is InChI=1S/C18H31NO3/c1-8-17(3,4)19-11-15(20)13-9-12(2)16(22-7)14(10-13)18(5,6)21/h9-10,15,19-21H,8,11H2,1-7H3/t15-/m0/s1/i3D3,4D3,8D2. The van der Waals surface area contributed by atoms with E-state index in [0.717, 1.165) is 6.92 Å². The molecule has 1 rings (SSSR count). The molecule has 0 unspecified atom stereocenters. The molecule has 0 saturated carbocycles. The van der Waals surface area contributed by atoms with Gasteiger partial charge < -0.3 is 20.3 Å². The molecule has 126 valence electrons. The van der Waals surface area contributed by atoms with Gasteiger partial charge in [-0.1, -0.05) is 6.92 Å². The molecule has 0 saturated heterocycles. The van der Waals surface area contributed by atoms with Crippen molar-refractivity contribution >= 4 is 0 Å². The SMILES string of the molecule is [2H]C([2H])([2H])C(NC[C@H](O)c1cc(C)c(OC)c(C(C)(C)O)c1)(C([2H])([2H])[2H])C([2H])([2H])C. The molecular formula is C18H31NO3. The Kier molecular flexibility index (Phi) is 3.15. The van der Waals surface area contributed by atoms with Crippen molar-refractivity contribution in [3.63, 3.8) is 0 Å². The average Bonchev–Trinajstić information content (AvgIpc) is 2.49. The van der Waals surface area contributed by atoms with Crippen LogP contribution in [0.3, 0.4) is 0 Å². The molecule has 4 heteroatoms. The van der Waals surface area contributed by atoms with Gasteiger partial charge in [0.15, 0.2) is 0 Å². The molecule has 0 aromatic heterocycles. The third kappa shape index (κ3) is 4.70. The Morgan fingerprint density at radius 1 is 1.41 bits per heavy atom. The number of β-amino-alcohol motifs (C(OH)–C–C–N with tert-alkyl or cyclic N) is 1. The highest BCUT2D eigenvalue weighted by Gasteiger charge is 2.25. The van der Waals surface area contributed by atoms with Gasteiger partial charge in [-0.15, -0.1) is 0 Å². The van der Waals surface area contributed by atoms with E-state index in [1.54, 1.807) is 26.8 Å². The van der Waals surface area contributed by atoms with E-state index < -0.39 is 43.9 Å². The quantitative estimate of drug-likeness (QED) is 0.723. The van der Waals surface area contributed by atoms with Crippen LogP contribution in [0, 0.1) is 6.92 Å². The Hall–Kier alpha value is -1.10. The molecule has 0 radical (unpaired) electrons. The van der Waals surface area contributed by atoms with Crippen LogP contribution < -0.4 is 10.1 Å². The van der Waals surface area contributed by atoms with Crippen molar-refractivity contribution in [2.75, 3.05) is 13.7 Å². The molecule has 1 aromatic rings. The van der Waals surface area contributed by atoms with Gasteiger partial charge in [0.05, 0.1) is 18.8 Å². The zero-order valence-corrected chi connectivity index (χ0v) is 13.7. The number of methoxy groups -OCH3 is 1. The van der Waals surface area contributed by atoms with Crippen molar-refractivity contribution in [3.8, 4) is 5.75 Å². The van der Waals surface area contributed by atoms with Crippen LogP contribution in [-0.2, 0) is 5.60 Å². The van der Waals surface area contributed by atoms with E-state index in [1.165, 1.54) is 13.2 Å². The summed E-state index contributed by atoms with van der Waals surface area (Å²) in [7, 11) is 1.44. The molecular weight excluding hydrogens is 278 g/mol. The topological polar surface area (TPSA) is 61.7 Å². The molecule has 0 spiro atoms. The zero-order valence-electron chi connectivity index (χ0n) is 21.7. The number of benzene rings is 1. The Morgan fingerprint density at radius 2 is 2.05 bits per heavy atom. The molecule has 4 nitrogen and oxygen atoms in total. The summed E-state index contributed by atoms with van der Waals surface area (Å²) in [5.74, 6) is 0.427. The summed E-state index contributed by atoms with van der Waals surface area (Å²) < 4.78 is 67.7. The molecule has 0 heterocycles. The van der Waals surface area contributed by atoms with E-state index in [4.69, 9.17) is 15.7 Å². The van der Waals surface area contributed by atoms with E-state index in [9.17, 15) is 10.2 Å². The van der Waals surface area contributed by atoms with Crippen molar-refractivity contribution < 1.29 is 25.9 Å². The number of nitrogens with one attached hydrogen (secondary N) is 1. The van der Waals surface area contributed by atoms with Gasteiger partial charge in [-0.05, 0) is 64.1 Å². The van der Waals surface area contributed by atoms with E-state index in [-0.39, 0.29) is 0 Å². The number of hydrogen-bond acceptors (Lipinski definition) is 4. The van der Waals surface area contributed by atoms with Gasteiger partial charge in [0.25, 0.3) is 0 Å². The molecule has 22 heavy (non-hydrogen) atoms. The molecule has 3 N–H and O–H groups in total. The monoisotopic (exact) mass is 317 g/mol. The lowest BCUT2D eigenvalue weighted by atomic mass is 9.91. The van der Waals surface area contributed by atoms with Crippen molar-refractivity contribution in [1.82, 2.24) is 5.32 Å². The Labute approximate surface area is 145 Å². The van der Waals surface area contributed by atoms with Gasteiger partial charge >= 0.3 is 0 Å². The van der Waals surface area contributed by atoms with Gasteiger partial charge in [-0.25, -0.2) is 0 Å². The lowest BCUT2D eigenvalue weighted by Crippen LogP contribution is -2.40. The summed E-state index contributed by atoms with van der Waals surface area (Å²) in [6, 6.07) is 3.07. The first-order chi connectivity index (χ1) is 13.2. The lowest BCUT2D eigenvalue weighted by molar-refractivity contribution is 0.0750. The molecule has 0 amide bonds. The molecule has 0 aliphatic heterocycles. The van der Waals surface area contributed by atoms with Gasteiger partial charge in [-0.2, -0.15) is 0 Å². The Morgan fingerprint density at radius 3 is 2.50 bits per heavy atom. The van der Waals surface area contributed by atoms with E-state index in [1.807, 2.05) is 0 Å². The smallest absolute Gasteiger partial charge is 0.127 e. The van der Waals surface area contributed by atoms with Crippen molar-refractivity contribution in [2.24, 2.45) is 0 Å². The van der Waals surface area contributed by atoms with Crippen LogP contribution in [0.5, 0.6) is 5.75 Å². The Bertz CT molecular complexity index is 712. The molecule has 0 bridgehead atoms. The fourth-order valence-electron chi connectivity index (χ4n) is 2.18. The number of hydrogen-bond donors (Lipinski definition) is 3. The first-order valence-electron chi connectivity index (χ1n) is 11.0. The highest BCUT2D eigenvalue weighted by molar-refractivity contribution is 5.47. The fourth-order valence-corrected chi connectivity index (χ4v) is 2.18. The number of ether oxygens (including phenoxy) is 1. The first-order valence-corrected chi connectivity index (χ1v) is 7.05. The Balaban J connectivity index is 3.42. The highest BCUT2D eigenvalue weighted by atomic mass is 16.5. The summed E-state index contributed by atoms with van der Waals surface area (Å²) in [5, 5.41) is 23.4. The van der Waals surface area contributed by atoms with Crippen LogP contribution in [0.1, 0.15) is 74.6 Å². The van der Waals surface area contributed by atoms with Crippen LogP contribution in [0.2, 0.25) is 0 Å². The minimum atomic E-state index is -3.23. The maximum Gasteiger partial charge on any atom is 0.127 e. The van der Waals surface area contributed by atoms with Crippen LogP contribution in [0.4, 0.5) is 0 Å². The number of aliphatic hydroxyl groups is 2. The maximum absolute atomic E-state index is 10.7. The number of aliphatic hydroxyl groups excluding tert-OH is 1. The predicted octanol–water partition coefficient (Wildman–Crippen LogP) is 3.04. The second-order valence-corrected chi connectivity index (χ2v) is 5.87. The normalized spacial score (nSPS) is 21.2. The predicted molar refractivity (Wildman–Crippen MR) is 90.3 cm³/mol. The van der Waals surface area contributed by atoms with Crippen LogP contribution in [0.25, 0.3) is 0 Å². The van der Waals surface area contributed by atoms with Crippen LogP contribution in [0.15, 0.2) is 12.1 Å². The van der Waals surface area contributed by atoms with Gasteiger partial charge in [0.1, 0.15) is 5.75 Å². The van der Waals surface area contributed by atoms with E-state index in [2.05, 4.69) is 5.32 Å². The summed E-state index contributed by atoms with van der Waals surface area (Å²) in [6.07, 6.45) is -4.04. The maximum atomic E-state index is 10.7. The van der Waals surface area contributed by atoms with Crippen LogP contribution >= 0.6 is 0 Å². The molecule has 1 atom stereocenters. The summed E-state index contributed by atoms with van der Waals surface area (Å²) in [4.78, 5) is 0. The summed E-state index contributed by atoms with van der Waals surface area (Å²) in [5.41, 5.74) is -2.92. The van der Waals surface area contributed by atoms with Crippen molar-refractivity contribution in [1.29, 1.82) is 0 Å². The molecule has 0 aliphatic rings. The molecule has 1 aromatic carbocycles. The number of rotatable bonds is 7. The second-order valence-electron chi connectivity index (χ2n) is 5.87. The third-order valence-electron chi connectivity index (χ3n) is 3.48. The summed E-state index contributed by atoms with van der Waals surface area (Å²) >= 11 is 0. The summed E-state index contributed by atoms with van der Waals surface area (Å²) in [6.45, 7) is -1.33. The second kappa shape index (κ2) is 6.99. The van der Waals surface area contributed by atoms with Crippen LogP contribution in [-0.4, -0.2) is 29.4 Å². The molecule has 0 aliphatic carbocycles. The van der Waals surface area contributed by atoms with Crippen molar-refractivity contribution in [2.45, 2.75) is 65.0 Å². The van der Waals surface area contributed by atoms with Gasteiger partial charge in [0, 0.05) is 28.6 Å². The number of aryl methyl sites for hydroxylation is 1. The van der Waals surface area contributed by atoms with Crippen molar-refractivity contribution in [3.05, 3.63) is 28.8 Å². The fraction of sp³-hybridized carbons (Fsp3) is 0.667. The third-order valence-corrected chi connectivity index (χ3v) is 3.48. The van der Waals surface area contributed by atoms with E-state index >= 15 is 0 Å². The average molecular weight is 317 g/mol. The van der Waals surface area contributed by atoms with Gasteiger partial charge in [0.2, 0.25) is 0 Å². The first kappa shape index (κ1) is 9.91. The highest BCUT2D eigenvalue weighted by Crippen LogP contribution is 2.35. The minimum Gasteiger partial charge on any atom is -0.496 e. The van der Waals surface area contributed by atoms with Gasteiger partial charge in [-0.3, -0.25) is 0 Å². The molecule has 0 fully saturated rings. The largest absolute Gasteiger partial charge is 0.496 e. The lowest BCUT2D eigenvalue weighted by Gasteiger charge is -2.28.